The van der Waals surface area contributed by atoms with Crippen molar-refractivity contribution in [1.29, 1.82) is 0 Å². The summed E-state index contributed by atoms with van der Waals surface area (Å²) in [5, 5.41) is 2.95. The second kappa shape index (κ2) is 10.6. The summed E-state index contributed by atoms with van der Waals surface area (Å²) in [7, 11) is 1.57. The van der Waals surface area contributed by atoms with Crippen molar-refractivity contribution in [3.8, 4) is 5.75 Å². The highest BCUT2D eigenvalue weighted by Crippen LogP contribution is 2.27. The minimum Gasteiger partial charge on any atom is -0.495 e. The first-order valence-electron chi connectivity index (χ1n) is 11.8. The highest BCUT2D eigenvalue weighted by molar-refractivity contribution is 6.15. The normalized spacial score (nSPS) is 13.9. The van der Waals surface area contributed by atoms with Crippen LogP contribution in [0.25, 0.3) is 0 Å². The molecule has 0 saturated carbocycles. The highest BCUT2D eigenvalue weighted by atomic mass is 16.5. The predicted molar refractivity (Wildman–Crippen MR) is 136 cm³/mol. The molecule has 0 spiro atoms. The number of nitrogens with zero attached hydrogens (tertiary/aromatic N) is 1. The number of anilines is 1. The first-order valence-corrected chi connectivity index (χ1v) is 11.8. The zero-order valence-electron chi connectivity index (χ0n) is 20.3. The molecule has 3 aromatic carbocycles. The molecule has 1 fully saturated rings. The third-order valence-electron chi connectivity index (χ3n) is 6.69. The van der Waals surface area contributed by atoms with Gasteiger partial charge in [-0.1, -0.05) is 42.5 Å². The molecule has 1 aliphatic rings. The van der Waals surface area contributed by atoms with Crippen molar-refractivity contribution in [3.63, 3.8) is 0 Å². The molecular formula is C29H30N2O4. The number of hydrogen-bond donors (Lipinski definition) is 1. The van der Waals surface area contributed by atoms with Gasteiger partial charge in [0.05, 0.1) is 18.4 Å². The number of carbonyl (C=O) groups excluding carboxylic acids is 3. The van der Waals surface area contributed by atoms with Crippen molar-refractivity contribution >= 4 is 23.3 Å². The van der Waals surface area contributed by atoms with E-state index in [0.29, 0.717) is 54.1 Å². The van der Waals surface area contributed by atoms with E-state index in [1.54, 1.807) is 54.5 Å². The first-order chi connectivity index (χ1) is 16.9. The Kier molecular flexibility index (Phi) is 7.30. The number of piperidine rings is 1. The molecule has 35 heavy (non-hydrogen) atoms. The third kappa shape index (κ3) is 5.27. The van der Waals surface area contributed by atoms with Crippen molar-refractivity contribution in [2.45, 2.75) is 26.7 Å². The average Bonchev–Trinajstić information content (AvgIpc) is 2.89. The van der Waals surface area contributed by atoms with Crippen molar-refractivity contribution in [3.05, 3.63) is 94.5 Å². The number of methoxy groups -OCH3 is 1. The zero-order chi connectivity index (χ0) is 24.9. The summed E-state index contributed by atoms with van der Waals surface area (Å²) in [6.45, 7) is 4.88. The summed E-state index contributed by atoms with van der Waals surface area (Å²) in [6.07, 6.45) is 1.11. The van der Waals surface area contributed by atoms with Gasteiger partial charge in [-0.05, 0) is 62.1 Å². The lowest BCUT2D eigenvalue weighted by molar-refractivity contribution is -0.121. The second-order valence-corrected chi connectivity index (χ2v) is 8.93. The highest BCUT2D eigenvalue weighted by Gasteiger charge is 2.30. The Labute approximate surface area is 205 Å². The number of amides is 2. The van der Waals surface area contributed by atoms with E-state index in [1.165, 1.54) is 0 Å². The molecule has 3 aromatic rings. The number of nitrogens with one attached hydrogen (secondary N) is 1. The van der Waals surface area contributed by atoms with Gasteiger partial charge in [-0.25, -0.2) is 0 Å². The molecule has 0 bridgehead atoms. The van der Waals surface area contributed by atoms with E-state index in [-0.39, 0.29) is 23.5 Å². The number of likely N-dealkylation sites (tertiary alicyclic amines) is 1. The smallest absolute Gasteiger partial charge is 0.254 e. The summed E-state index contributed by atoms with van der Waals surface area (Å²) < 4.78 is 5.31. The van der Waals surface area contributed by atoms with Gasteiger partial charge in [0.15, 0.2) is 5.78 Å². The van der Waals surface area contributed by atoms with Crippen LogP contribution in [0.4, 0.5) is 5.69 Å². The molecule has 1 saturated heterocycles. The van der Waals surface area contributed by atoms with Gasteiger partial charge >= 0.3 is 0 Å². The molecule has 6 heteroatoms. The fourth-order valence-electron chi connectivity index (χ4n) is 4.40. The Morgan fingerprint density at radius 3 is 2.20 bits per heavy atom. The Morgan fingerprint density at radius 1 is 0.857 bits per heavy atom. The Bertz CT molecular complexity index is 1260. The topological polar surface area (TPSA) is 75.7 Å². The van der Waals surface area contributed by atoms with Crippen molar-refractivity contribution in [2.24, 2.45) is 5.92 Å². The minimum absolute atomic E-state index is 0.0769. The van der Waals surface area contributed by atoms with Crippen LogP contribution >= 0.6 is 0 Å². The quantitative estimate of drug-likeness (QED) is 0.513. The van der Waals surface area contributed by atoms with Crippen LogP contribution in [0.2, 0.25) is 0 Å². The maximum atomic E-state index is 13.4. The number of benzene rings is 3. The SMILES string of the molecule is COc1ccccc1NC(=O)C1CCN(C(=O)c2ccccc2C(=O)c2ccc(C)c(C)c2)CC1. The third-order valence-corrected chi connectivity index (χ3v) is 6.69. The number of aryl methyl sites for hydroxylation is 2. The summed E-state index contributed by atoms with van der Waals surface area (Å²) in [4.78, 5) is 41.2. The molecule has 4 rings (SSSR count). The molecule has 0 aromatic heterocycles. The summed E-state index contributed by atoms with van der Waals surface area (Å²) in [5.74, 6) is -0.00806. The minimum atomic E-state index is -0.198. The lowest BCUT2D eigenvalue weighted by Crippen LogP contribution is -2.41. The van der Waals surface area contributed by atoms with Crippen molar-refractivity contribution < 1.29 is 19.1 Å². The van der Waals surface area contributed by atoms with Crippen molar-refractivity contribution in [1.82, 2.24) is 4.90 Å². The van der Waals surface area contributed by atoms with Crippen LogP contribution in [-0.4, -0.2) is 42.7 Å². The van der Waals surface area contributed by atoms with E-state index in [1.807, 2.05) is 38.1 Å². The van der Waals surface area contributed by atoms with Gasteiger partial charge in [0.25, 0.3) is 5.91 Å². The molecule has 0 radical (unpaired) electrons. The molecule has 0 atom stereocenters. The number of carbonyl (C=O) groups is 3. The van der Waals surface area contributed by atoms with Crippen LogP contribution in [0.5, 0.6) is 5.75 Å². The zero-order valence-corrected chi connectivity index (χ0v) is 20.3. The molecule has 1 N–H and O–H groups in total. The van der Waals surface area contributed by atoms with Crippen LogP contribution in [0, 0.1) is 19.8 Å². The monoisotopic (exact) mass is 470 g/mol. The predicted octanol–water partition coefficient (Wildman–Crippen LogP) is 5.03. The van der Waals surface area contributed by atoms with E-state index >= 15 is 0 Å². The average molecular weight is 471 g/mol. The molecule has 0 unspecified atom stereocenters. The van der Waals surface area contributed by atoms with Crippen LogP contribution in [-0.2, 0) is 4.79 Å². The number of para-hydroxylation sites is 2. The summed E-state index contributed by atoms with van der Waals surface area (Å²) >= 11 is 0. The number of ether oxygens (including phenoxy) is 1. The van der Waals surface area contributed by atoms with Gasteiger partial charge in [-0.2, -0.15) is 0 Å². The fourth-order valence-corrected chi connectivity index (χ4v) is 4.40. The Morgan fingerprint density at radius 2 is 1.51 bits per heavy atom. The molecule has 6 nitrogen and oxygen atoms in total. The van der Waals surface area contributed by atoms with Gasteiger partial charge in [0, 0.05) is 30.1 Å². The lowest BCUT2D eigenvalue weighted by Gasteiger charge is -2.32. The molecule has 180 valence electrons. The van der Waals surface area contributed by atoms with E-state index in [2.05, 4.69) is 5.32 Å². The summed E-state index contributed by atoms with van der Waals surface area (Å²) in [6, 6.07) is 19.9. The number of hydrogen-bond acceptors (Lipinski definition) is 4. The number of rotatable bonds is 6. The van der Waals surface area contributed by atoms with Crippen molar-refractivity contribution in [2.75, 3.05) is 25.5 Å². The fraction of sp³-hybridized carbons (Fsp3) is 0.276. The largest absolute Gasteiger partial charge is 0.495 e. The molecule has 0 aliphatic carbocycles. The maximum Gasteiger partial charge on any atom is 0.254 e. The van der Waals surface area contributed by atoms with Crippen LogP contribution in [0.15, 0.2) is 66.7 Å². The van der Waals surface area contributed by atoms with E-state index in [0.717, 1.165) is 11.1 Å². The second-order valence-electron chi connectivity index (χ2n) is 8.93. The van der Waals surface area contributed by atoms with Gasteiger partial charge in [0.1, 0.15) is 5.75 Å². The standard InChI is InChI=1S/C29H30N2O4/c1-19-12-13-22(18-20(19)2)27(32)23-8-4-5-9-24(23)29(34)31-16-14-21(15-17-31)28(33)30-25-10-6-7-11-26(25)35-3/h4-13,18,21H,14-17H2,1-3H3,(H,30,33). The molecular weight excluding hydrogens is 440 g/mol. The number of ketones is 1. The van der Waals surface area contributed by atoms with E-state index in [4.69, 9.17) is 4.74 Å². The van der Waals surface area contributed by atoms with Gasteiger partial charge < -0.3 is 15.0 Å². The first kappa shape index (κ1) is 24.2. The maximum absolute atomic E-state index is 13.4. The molecule has 1 heterocycles. The molecule has 1 aliphatic heterocycles. The van der Waals surface area contributed by atoms with Gasteiger partial charge in [-0.15, -0.1) is 0 Å². The lowest BCUT2D eigenvalue weighted by atomic mass is 9.93. The van der Waals surface area contributed by atoms with E-state index < -0.39 is 0 Å². The van der Waals surface area contributed by atoms with E-state index in [9.17, 15) is 14.4 Å². The van der Waals surface area contributed by atoms with Crippen LogP contribution in [0.1, 0.15) is 50.2 Å². The Balaban J connectivity index is 1.44. The Hall–Kier alpha value is -3.93. The van der Waals surface area contributed by atoms with Gasteiger partial charge in [0.2, 0.25) is 5.91 Å². The van der Waals surface area contributed by atoms with Gasteiger partial charge in [-0.3, -0.25) is 14.4 Å². The van der Waals surface area contributed by atoms with Crippen LogP contribution < -0.4 is 10.1 Å². The molecule has 2 amide bonds. The van der Waals surface area contributed by atoms with Crippen LogP contribution in [0.3, 0.4) is 0 Å². The summed E-state index contributed by atoms with van der Waals surface area (Å²) in [5.41, 5.74) is 4.15.